The molecule has 1 fully saturated rings. The highest BCUT2D eigenvalue weighted by molar-refractivity contribution is 9.10. The molecule has 1 aromatic rings. The van der Waals surface area contributed by atoms with Gasteiger partial charge in [0.1, 0.15) is 4.60 Å². The minimum atomic E-state index is -0.212. The summed E-state index contributed by atoms with van der Waals surface area (Å²) in [5.74, 6) is -0.506. The number of esters is 1. The van der Waals surface area contributed by atoms with Crippen LogP contribution in [-0.2, 0) is 9.53 Å². The largest absolute Gasteiger partial charge is 0.466 e. The van der Waals surface area contributed by atoms with Gasteiger partial charge in [0.05, 0.1) is 18.1 Å². The van der Waals surface area contributed by atoms with Gasteiger partial charge in [-0.3, -0.25) is 9.59 Å². The summed E-state index contributed by atoms with van der Waals surface area (Å²) in [6, 6.07) is 3.47. The van der Waals surface area contributed by atoms with Crippen LogP contribution in [0.4, 0.5) is 0 Å². The lowest BCUT2D eigenvalue weighted by atomic mass is 9.97. The Balaban J connectivity index is 2.03. The van der Waals surface area contributed by atoms with Gasteiger partial charge < -0.3 is 9.64 Å². The third kappa shape index (κ3) is 3.56. The molecule has 108 valence electrons. The van der Waals surface area contributed by atoms with E-state index in [-0.39, 0.29) is 17.8 Å². The fourth-order valence-corrected chi connectivity index (χ4v) is 2.53. The van der Waals surface area contributed by atoms with Gasteiger partial charge in [-0.15, -0.1) is 0 Å². The maximum Gasteiger partial charge on any atom is 0.310 e. The van der Waals surface area contributed by atoms with Crippen LogP contribution < -0.4 is 0 Å². The molecule has 2 heterocycles. The number of piperidine rings is 1. The molecule has 20 heavy (non-hydrogen) atoms. The van der Waals surface area contributed by atoms with Crippen LogP contribution in [0.5, 0.6) is 0 Å². The molecule has 1 atom stereocenters. The molecule has 1 aliphatic rings. The first kappa shape index (κ1) is 15.0. The predicted molar refractivity (Wildman–Crippen MR) is 77.2 cm³/mol. The van der Waals surface area contributed by atoms with Gasteiger partial charge in [-0.1, -0.05) is 0 Å². The number of ether oxygens (including phenoxy) is 1. The fourth-order valence-electron chi connectivity index (χ4n) is 2.30. The molecule has 0 saturated carbocycles. The highest BCUT2D eigenvalue weighted by Crippen LogP contribution is 2.20. The zero-order chi connectivity index (χ0) is 14.5. The third-order valence-corrected chi connectivity index (χ3v) is 3.77. The lowest BCUT2D eigenvalue weighted by Crippen LogP contribution is -2.42. The Kier molecular flexibility index (Phi) is 5.11. The monoisotopic (exact) mass is 340 g/mol. The number of carbonyl (C=O) groups is 2. The van der Waals surface area contributed by atoms with Crippen molar-refractivity contribution in [2.45, 2.75) is 19.8 Å². The van der Waals surface area contributed by atoms with Crippen LogP contribution in [0.3, 0.4) is 0 Å². The molecule has 1 saturated heterocycles. The van der Waals surface area contributed by atoms with Crippen LogP contribution in [0.1, 0.15) is 30.1 Å². The van der Waals surface area contributed by atoms with Crippen molar-refractivity contribution in [3.63, 3.8) is 0 Å². The smallest absolute Gasteiger partial charge is 0.310 e. The molecule has 0 N–H and O–H groups in total. The van der Waals surface area contributed by atoms with Crippen LogP contribution in [0.25, 0.3) is 0 Å². The molecule has 0 spiro atoms. The van der Waals surface area contributed by atoms with Gasteiger partial charge in [0, 0.05) is 19.3 Å². The van der Waals surface area contributed by atoms with Crippen LogP contribution >= 0.6 is 15.9 Å². The number of likely N-dealkylation sites (tertiary alicyclic amines) is 1. The van der Waals surface area contributed by atoms with Crippen molar-refractivity contribution in [1.29, 1.82) is 0 Å². The van der Waals surface area contributed by atoms with Crippen molar-refractivity contribution in [1.82, 2.24) is 9.88 Å². The van der Waals surface area contributed by atoms with E-state index in [0.29, 0.717) is 29.9 Å². The van der Waals surface area contributed by atoms with Crippen molar-refractivity contribution in [3.05, 3.63) is 28.5 Å². The van der Waals surface area contributed by atoms with Crippen LogP contribution in [-0.4, -0.2) is 41.5 Å². The first-order valence-corrected chi connectivity index (χ1v) is 7.48. The highest BCUT2D eigenvalue weighted by atomic mass is 79.9. The number of hydrogen-bond donors (Lipinski definition) is 0. The summed E-state index contributed by atoms with van der Waals surface area (Å²) in [5, 5.41) is 0. The van der Waals surface area contributed by atoms with E-state index < -0.39 is 0 Å². The number of rotatable bonds is 3. The maximum atomic E-state index is 12.4. The number of pyridine rings is 1. The quantitative estimate of drug-likeness (QED) is 0.625. The van der Waals surface area contributed by atoms with E-state index in [1.165, 1.54) is 0 Å². The lowest BCUT2D eigenvalue weighted by molar-refractivity contribution is -0.149. The summed E-state index contributed by atoms with van der Waals surface area (Å²) in [6.07, 6.45) is 3.14. The topological polar surface area (TPSA) is 59.5 Å². The summed E-state index contributed by atoms with van der Waals surface area (Å²) >= 11 is 3.24. The van der Waals surface area contributed by atoms with Gasteiger partial charge >= 0.3 is 5.97 Å². The zero-order valence-corrected chi connectivity index (χ0v) is 12.9. The van der Waals surface area contributed by atoms with Gasteiger partial charge in [-0.05, 0) is 47.8 Å². The van der Waals surface area contributed by atoms with E-state index in [1.807, 2.05) is 0 Å². The van der Waals surface area contributed by atoms with Crippen LogP contribution in [0.15, 0.2) is 22.9 Å². The molecular weight excluding hydrogens is 324 g/mol. The normalized spacial score (nSPS) is 18.7. The molecule has 0 aromatic carbocycles. The molecule has 0 bridgehead atoms. The van der Waals surface area contributed by atoms with Gasteiger partial charge in [0.2, 0.25) is 0 Å². The predicted octanol–water partition coefficient (Wildman–Crippen LogP) is 2.26. The van der Waals surface area contributed by atoms with E-state index in [9.17, 15) is 9.59 Å². The minimum Gasteiger partial charge on any atom is -0.466 e. The second-order valence-corrected chi connectivity index (χ2v) is 5.52. The number of carbonyl (C=O) groups excluding carboxylic acids is 2. The summed E-state index contributed by atoms with van der Waals surface area (Å²) in [6.45, 7) is 3.26. The second kappa shape index (κ2) is 6.83. The summed E-state index contributed by atoms with van der Waals surface area (Å²) in [4.78, 5) is 29.9. The van der Waals surface area contributed by atoms with Gasteiger partial charge in [-0.2, -0.15) is 0 Å². The van der Waals surface area contributed by atoms with Crippen molar-refractivity contribution < 1.29 is 14.3 Å². The number of halogens is 1. The van der Waals surface area contributed by atoms with Crippen molar-refractivity contribution in [3.8, 4) is 0 Å². The van der Waals surface area contributed by atoms with E-state index in [1.54, 1.807) is 30.2 Å². The average molecular weight is 341 g/mol. The van der Waals surface area contributed by atoms with E-state index in [4.69, 9.17) is 4.74 Å². The average Bonchev–Trinajstić information content (AvgIpc) is 2.48. The van der Waals surface area contributed by atoms with Crippen molar-refractivity contribution in [2.24, 2.45) is 5.92 Å². The lowest BCUT2D eigenvalue weighted by Gasteiger charge is -2.31. The Morgan fingerprint density at radius 3 is 2.95 bits per heavy atom. The molecule has 0 aliphatic carbocycles. The first-order valence-electron chi connectivity index (χ1n) is 6.69. The molecule has 1 amide bonds. The van der Waals surface area contributed by atoms with Gasteiger partial charge in [0.15, 0.2) is 0 Å². The minimum absolute atomic E-state index is 0.0843. The summed E-state index contributed by atoms with van der Waals surface area (Å²) in [5.41, 5.74) is 0.540. The standard InChI is InChI=1S/C14H17BrN2O3/c1-2-20-14(19)11-4-3-7-17(9-11)13(18)10-5-6-12(15)16-8-10/h5-6,8,11H,2-4,7,9H2,1H3/t11-/m0/s1. The molecule has 2 rings (SSSR count). The number of nitrogens with zero attached hydrogens (tertiary/aromatic N) is 2. The second-order valence-electron chi connectivity index (χ2n) is 4.71. The van der Waals surface area contributed by atoms with Crippen LogP contribution in [0, 0.1) is 5.92 Å². The molecule has 1 aliphatic heterocycles. The first-order chi connectivity index (χ1) is 9.61. The van der Waals surface area contributed by atoms with Gasteiger partial charge in [0.25, 0.3) is 5.91 Å². The van der Waals surface area contributed by atoms with Crippen molar-refractivity contribution in [2.75, 3.05) is 19.7 Å². The Labute approximate surface area is 126 Å². The third-order valence-electron chi connectivity index (χ3n) is 3.30. The molecule has 1 aromatic heterocycles. The van der Waals surface area contributed by atoms with E-state index in [0.717, 1.165) is 12.8 Å². The Hall–Kier alpha value is -1.43. The molecular formula is C14H17BrN2O3. The molecule has 6 heteroatoms. The molecule has 5 nitrogen and oxygen atoms in total. The Morgan fingerprint density at radius 1 is 1.50 bits per heavy atom. The molecule has 0 radical (unpaired) electrons. The number of amides is 1. The Morgan fingerprint density at radius 2 is 2.30 bits per heavy atom. The van der Waals surface area contributed by atoms with Crippen molar-refractivity contribution >= 4 is 27.8 Å². The van der Waals surface area contributed by atoms with E-state index in [2.05, 4.69) is 20.9 Å². The van der Waals surface area contributed by atoms with Gasteiger partial charge in [-0.25, -0.2) is 4.98 Å². The zero-order valence-electron chi connectivity index (χ0n) is 11.3. The Bertz CT molecular complexity index is 490. The van der Waals surface area contributed by atoms with Crippen LogP contribution in [0.2, 0.25) is 0 Å². The fraction of sp³-hybridized carbons (Fsp3) is 0.500. The molecule has 0 unspecified atom stereocenters. The maximum absolute atomic E-state index is 12.4. The summed E-state index contributed by atoms with van der Waals surface area (Å²) in [7, 11) is 0. The number of hydrogen-bond acceptors (Lipinski definition) is 4. The highest BCUT2D eigenvalue weighted by Gasteiger charge is 2.29. The number of aromatic nitrogens is 1. The SMILES string of the molecule is CCOC(=O)[C@H]1CCCN(C(=O)c2ccc(Br)nc2)C1. The summed E-state index contributed by atoms with van der Waals surface area (Å²) < 4.78 is 5.73. The van der Waals surface area contributed by atoms with E-state index >= 15 is 0 Å².